The van der Waals surface area contributed by atoms with Crippen molar-refractivity contribution in [1.82, 2.24) is 10.6 Å². The van der Waals surface area contributed by atoms with Crippen LogP contribution in [-0.2, 0) is 0 Å². The normalized spacial score (nSPS) is 49.4. The molecule has 0 aliphatic heterocycles. The molecule has 13 fully saturated rings. The minimum absolute atomic E-state index is 0.864. The maximum atomic E-state index is 4.29. The van der Waals surface area contributed by atoms with E-state index in [1.54, 1.807) is 128 Å². The van der Waals surface area contributed by atoms with Crippen molar-refractivity contribution in [2.24, 2.45) is 107 Å². The molecule has 0 radical (unpaired) electrons. The van der Waals surface area contributed by atoms with Gasteiger partial charge in [-0.2, -0.15) is 0 Å². The first-order chi connectivity index (χ1) is 32.6. The third-order valence-corrected chi connectivity index (χ3v) is 25.4. The van der Waals surface area contributed by atoms with Crippen molar-refractivity contribution in [2.75, 3.05) is 0 Å². The van der Waals surface area contributed by atoms with E-state index in [1.807, 2.05) is 0 Å². The van der Waals surface area contributed by atoms with Crippen LogP contribution in [0.15, 0.2) is 0 Å². The fourth-order valence-corrected chi connectivity index (χ4v) is 22.5. The Hall–Kier alpha value is -0.0800. The third-order valence-electron chi connectivity index (χ3n) is 25.4. The monoisotopic (exact) mass is 907 g/mol. The smallest absolute Gasteiger partial charge is 0.0103 e. The summed E-state index contributed by atoms with van der Waals surface area (Å²) in [4.78, 5) is 0. The summed E-state index contributed by atoms with van der Waals surface area (Å²) in [6.07, 6.45) is 61.4. The van der Waals surface area contributed by atoms with E-state index in [4.69, 9.17) is 0 Å². The number of hydrogen-bond acceptors (Lipinski definition) is 2. The summed E-state index contributed by atoms with van der Waals surface area (Å²) in [5.74, 6) is 19.7. The lowest BCUT2D eigenvalue weighted by Crippen LogP contribution is -2.56. The molecule has 0 aromatic carbocycles. The zero-order valence-corrected chi connectivity index (χ0v) is 44.0. The van der Waals surface area contributed by atoms with Gasteiger partial charge in [0.25, 0.3) is 0 Å². The van der Waals surface area contributed by atoms with Gasteiger partial charge in [-0.05, 0) is 235 Å². The molecule has 0 aromatic heterocycles. The standard InChI is InChI=1S/2C24H41N.C16H28/c2*1-2-9-18(10-3-1)25-24-16-23-19-11-5-4-8-17(19)14-15-21(23)20-12-6-7-13-22(20)24;1-11-13-7-3-5-9-15(13)12(2)16-10-6-4-8-14(11)16/h2*17-25H,1-16H2;11-16H,3-10H2,1-2H3. The Morgan fingerprint density at radius 3 is 0.848 bits per heavy atom. The summed E-state index contributed by atoms with van der Waals surface area (Å²) >= 11 is 0. The minimum atomic E-state index is 0.864. The van der Waals surface area contributed by atoms with Crippen LogP contribution in [-0.4, -0.2) is 24.2 Å². The van der Waals surface area contributed by atoms with Crippen molar-refractivity contribution in [1.29, 1.82) is 0 Å². The van der Waals surface area contributed by atoms with Crippen LogP contribution in [0.3, 0.4) is 0 Å². The Morgan fingerprint density at radius 2 is 0.485 bits per heavy atom. The average molecular weight is 908 g/mol. The molecule has 2 N–H and O–H groups in total. The molecule has 2 heteroatoms. The molecule has 18 atom stereocenters. The Kier molecular flexibility index (Phi) is 16.6. The number of hydrogen-bond donors (Lipinski definition) is 2. The van der Waals surface area contributed by atoms with Gasteiger partial charge in [-0.15, -0.1) is 0 Å². The number of fused-ring (bicyclic) bond motifs is 12. The summed E-state index contributed by atoms with van der Waals surface area (Å²) in [7, 11) is 0. The molecule has 0 spiro atoms. The van der Waals surface area contributed by atoms with Crippen LogP contribution in [0.5, 0.6) is 0 Å². The molecule has 13 aliphatic carbocycles. The highest BCUT2D eigenvalue weighted by molar-refractivity contribution is 5.05. The van der Waals surface area contributed by atoms with Crippen LogP contribution in [0.25, 0.3) is 0 Å². The third kappa shape index (κ3) is 10.4. The number of nitrogens with one attached hydrogen (secondary N) is 2. The van der Waals surface area contributed by atoms with Crippen LogP contribution >= 0.6 is 0 Å². The molecule has 2 nitrogen and oxygen atoms in total. The van der Waals surface area contributed by atoms with E-state index in [-0.39, 0.29) is 0 Å². The highest BCUT2D eigenvalue weighted by atomic mass is 15.0. The fraction of sp³-hybridized carbons (Fsp3) is 1.00. The molecule has 66 heavy (non-hydrogen) atoms. The van der Waals surface area contributed by atoms with Crippen molar-refractivity contribution in [3.8, 4) is 0 Å². The number of rotatable bonds is 4. The lowest BCUT2D eigenvalue weighted by Gasteiger charge is -2.57. The average Bonchev–Trinajstić information content (AvgIpc) is 3.39. The van der Waals surface area contributed by atoms with Gasteiger partial charge in [-0.1, -0.05) is 142 Å². The molecule has 0 saturated heterocycles. The van der Waals surface area contributed by atoms with Gasteiger partial charge in [-0.25, -0.2) is 0 Å². The molecule has 376 valence electrons. The SMILES string of the molecule is C1CCC(NC2CC3C4CCCCC4CCC3C3CCCCC23)CC1.C1CCC(NC2CC3C4CCCCC4CCC3C3CCCCC23)CC1.CC1C2CCCCC2C(C)C2CCCCC12. The highest BCUT2D eigenvalue weighted by Crippen LogP contribution is 2.60. The van der Waals surface area contributed by atoms with E-state index >= 15 is 0 Å². The van der Waals surface area contributed by atoms with E-state index in [0.717, 1.165) is 131 Å². The minimum Gasteiger partial charge on any atom is -0.311 e. The Bertz CT molecular complexity index is 1330. The predicted molar refractivity (Wildman–Crippen MR) is 280 cm³/mol. The van der Waals surface area contributed by atoms with E-state index in [0.29, 0.717) is 0 Å². The first-order valence-electron chi connectivity index (χ1n) is 32.1. The Balaban J connectivity index is 0.000000112. The zero-order valence-electron chi connectivity index (χ0n) is 44.0. The van der Waals surface area contributed by atoms with Crippen LogP contribution < -0.4 is 10.6 Å². The van der Waals surface area contributed by atoms with Crippen molar-refractivity contribution in [3.05, 3.63) is 0 Å². The Labute approximate surface area is 410 Å². The lowest BCUT2D eigenvalue weighted by atomic mass is 9.50. The molecule has 13 rings (SSSR count). The second-order valence-corrected chi connectivity index (χ2v) is 28.1. The van der Waals surface area contributed by atoms with Gasteiger partial charge in [0.1, 0.15) is 0 Å². The van der Waals surface area contributed by atoms with Gasteiger partial charge in [0.15, 0.2) is 0 Å². The van der Waals surface area contributed by atoms with Gasteiger partial charge >= 0.3 is 0 Å². The van der Waals surface area contributed by atoms with Crippen LogP contribution in [0.4, 0.5) is 0 Å². The molecule has 0 bridgehead atoms. The first-order valence-corrected chi connectivity index (χ1v) is 32.1. The van der Waals surface area contributed by atoms with E-state index < -0.39 is 0 Å². The molecular formula is C64H110N2. The molecular weight excluding hydrogens is 797 g/mol. The van der Waals surface area contributed by atoms with E-state index in [1.165, 1.54) is 128 Å². The Morgan fingerprint density at radius 1 is 0.212 bits per heavy atom. The molecule has 0 amide bonds. The van der Waals surface area contributed by atoms with E-state index in [2.05, 4.69) is 24.5 Å². The van der Waals surface area contributed by atoms with Crippen molar-refractivity contribution in [2.45, 2.75) is 295 Å². The van der Waals surface area contributed by atoms with Crippen molar-refractivity contribution < 1.29 is 0 Å². The maximum Gasteiger partial charge on any atom is 0.0103 e. The van der Waals surface area contributed by atoms with Gasteiger partial charge in [0.2, 0.25) is 0 Å². The van der Waals surface area contributed by atoms with Crippen LogP contribution in [0.2, 0.25) is 0 Å². The summed E-state index contributed by atoms with van der Waals surface area (Å²) in [5.41, 5.74) is 0. The topological polar surface area (TPSA) is 24.1 Å². The van der Waals surface area contributed by atoms with Crippen LogP contribution in [0, 0.1) is 107 Å². The van der Waals surface area contributed by atoms with Crippen LogP contribution in [0.1, 0.15) is 271 Å². The van der Waals surface area contributed by atoms with Gasteiger partial charge < -0.3 is 10.6 Å². The molecule has 18 unspecified atom stereocenters. The summed E-state index contributed by atoms with van der Waals surface area (Å²) in [6.45, 7) is 5.19. The zero-order chi connectivity index (χ0) is 44.4. The molecule has 0 aromatic rings. The summed E-state index contributed by atoms with van der Waals surface area (Å²) in [6, 6.07) is 3.50. The molecule has 0 heterocycles. The van der Waals surface area contributed by atoms with Gasteiger partial charge in [0.05, 0.1) is 0 Å². The van der Waals surface area contributed by atoms with Gasteiger partial charge in [-0.3, -0.25) is 0 Å². The first kappa shape index (κ1) is 48.2. The summed E-state index contributed by atoms with van der Waals surface area (Å²) < 4.78 is 0. The van der Waals surface area contributed by atoms with Crippen molar-refractivity contribution >= 4 is 0 Å². The second kappa shape index (κ2) is 22.8. The molecule has 13 aliphatic rings. The maximum absolute atomic E-state index is 4.29. The molecule has 13 saturated carbocycles. The lowest BCUT2D eigenvalue weighted by molar-refractivity contribution is -0.0588. The fourth-order valence-electron chi connectivity index (χ4n) is 22.5. The second-order valence-electron chi connectivity index (χ2n) is 28.1. The predicted octanol–water partition coefficient (Wildman–Crippen LogP) is 17.5. The van der Waals surface area contributed by atoms with E-state index in [9.17, 15) is 0 Å². The summed E-state index contributed by atoms with van der Waals surface area (Å²) in [5, 5.41) is 8.57. The highest BCUT2D eigenvalue weighted by Gasteiger charge is 2.53. The largest absolute Gasteiger partial charge is 0.311 e. The van der Waals surface area contributed by atoms with Crippen molar-refractivity contribution in [3.63, 3.8) is 0 Å². The quantitative estimate of drug-likeness (QED) is 0.294. The van der Waals surface area contributed by atoms with Gasteiger partial charge in [0, 0.05) is 24.2 Å².